The molecule has 0 atom stereocenters. The highest BCUT2D eigenvalue weighted by Crippen LogP contribution is 2.12. The minimum Gasteiger partial charge on any atom is -0.370 e. The number of hydrogen-bond donors (Lipinski definition) is 2. The Morgan fingerprint density at radius 3 is 1.21 bits per heavy atom. The van der Waals surface area contributed by atoms with Crippen LogP contribution in [0.4, 0.5) is 0 Å². The zero-order chi connectivity index (χ0) is 14.2. The molecule has 0 aliphatic carbocycles. The van der Waals surface area contributed by atoms with Crippen molar-refractivity contribution in [2.24, 2.45) is 11.5 Å². The fraction of sp³-hybridized carbons (Fsp3) is 0.938. The fourth-order valence-corrected chi connectivity index (χ4v) is 2.39. The van der Waals surface area contributed by atoms with E-state index in [2.05, 4.69) is 0 Å². The predicted molar refractivity (Wildman–Crippen MR) is 82.9 cm³/mol. The van der Waals surface area contributed by atoms with E-state index in [1.165, 1.54) is 70.6 Å². The predicted octanol–water partition coefficient (Wildman–Crippen LogP) is 3.89. The van der Waals surface area contributed by atoms with Gasteiger partial charge in [0.25, 0.3) is 0 Å². The van der Waals surface area contributed by atoms with Crippen molar-refractivity contribution in [2.45, 2.75) is 89.9 Å². The van der Waals surface area contributed by atoms with Gasteiger partial charge in [0.1, 0.15) is 0 Å². The van der Waals surface area contributed by atoms with Crippen LogP contribution in [0.15, 0.2) is 0 Å². The van der Waals surface area contributed by atoms with Crippen LogP contribution >= 0.6 is 0 Å². The van der Waals surface area contributed by atoms with Crippen LogP contribution in [0.3, 0.4) is 0 Å². The summed E-state index contributed by atoms with van der Waals surface area (Å²) in [4.78, 5) is 10.5. The van der Waals surface area contributed by atoms with Gasteiger partial charge in [-0.15, -0.1) is 0 Å². The highest BCUT2D eigenvalue weighted by atomic mass is 16.1. The van der Waals surface area contributed by atoms with Gasteiger partial charge < -0.3 is 11.5 Å². The van der Waals surface area contributed by atoms with Crippen molar-refractivity contribution < 1.29 is 4.79 Å². The third-order valence-electron chi connectivity index (χ3n) is 3.63. The van der Waals surface area contributed by atoms with E-state index in [0.717, 1.165) is 19.4 Å². The lowest BCUT2D eigenvalue weighted by Gasteiger charge is -2.02. The van der Waals surface area contributed by atoms with E-state index < -0.39 is 0 Å². The Morgan fingerprint density at radius 1 is 0.579 bits per heavy atom. The first kappa shape index (κ1) is 18.4. The Labute approximate surface area is 119 Å². The van der Waals surface area contributed by atoms with E-state index >= 15 is 0 Å². The summed E-state index contributed by atoms with van der Waals surface area (Å²) >= 11 is 0. The van der Waals surface area contributed by atoms with Crippen molar-refractivity contribution in [1.82, 2.24) is 0 Å². The number of amides is 1. The second-order valence-corrected chi connectivity index (χ2v) is 5.60. The molecule has 0 saturated heterocycles. The van der Waals surface area contributed by atoms with Crippen LogP contribution in [0.25, 0.3) is 0 Å². The summed E-state index contributed by atoms with van der Waals surface area (Å²) in [5.41, 5.74) is 10.6. The van der Waals surface area contributed by atoms with Gasteiger partial charge in [-0.3, -0.25) is 4.79 Å². The van der Waals surface area contributed by atoms with Gasteiger partial charge in [-0.05, 0) is 19.4 Å². The maximum absolute atomic E-state index is 10.5. The van der Waals surface area contributed by atoms with Gasteiger partial charge in [-0.25, -0.2) is 0 Å². The summed E-state index contributed by atoms with van der Waals surface area (Å²) in [6, 6.07) is 0. The largest absolute Gasteiger partial charge is 0.370 e. The number of nitrogens with two attached hydrogens (primary N) is 2. The summed E-state index contributed by atoms with van der Waals surface area (Å²) in [5.74, 6) is -0.161. The fourth-order valence-electron chi connectivity index (χ4n) is 2.39. The van der Waals surface area contributed by atoms with Crippen molar-refractivity contribution in [1.29, 1.82) is 0 Å². The molecular formula is C16H34N2O. The molecule has 0 rings (SSSR count). The summed E-state index contributed by atoms with van der Waals surface area (Å²) in [5, 5.41) is 0. The SMILES string of the molecule is NCCCCCCCCCCCCCCCC(N)=O. The molecular weight excluding hydrogens is 236 g/mol. The van der Waals surface area contributed by atoms with E-state index in [1.807, 2.05) is 0 Å². The molecule has 114 valence electrons. The van der Waals surface area contributed by atoms with Crippen LogP contribution in [0.1, 0.15) is 89.9 Å². The summed E-state index contributed by atoms with van der Waals surface area (Å²) in [7, 11) is 0. The Balaban J connectivity index is 2.93. The van der Waals surface area contributed by atoms with Gasteiger partial charge in [0.2, 0.25) is 5.91 Å². The molecule has 0 aliphatic heterocycles. The minimum atomic E-state index is -0.161. The summed E-state index contributed by atoms with van der Waals surface area (Å²) < 4.78 is 0. The molecule has 1 amide bonds. The quantitative estimate of drug-likeness (QED) is 0.443. The van der Waals surface area contributed by atoms with Gasteiger partial charge in [-0.2, -0.15) is 0 Å². The molecule has 4 N–H and O–H groups in total. The van der Waals surface area contributed by atoms with Crippen molar-refractivity contribution >= 4 is 5.91 Å². The van der Waals surface area contributed by atoms with Crippen molar-refractivity contribution in [3.05, 3.63) is 0 Å². The molecule has 0 unspecified atom stereocenters. The lowest BCUT2D eigenvalue weighted by molar-refractivity contribution is -0.118. The Morgan fingerprint density at radius 2 is 0.895 bits per heavy atom. The molecule has 3 heteroatoms. The van der Waals surface area contributed by atoms with Crippen LogP contribution in [0.2, 0.25) is 0 Å². The Bertz CT molecular complexity index is 195. The maximum atomic E-state index is 10.5. The molecule has 0 aliphatic rings. The number of carbonyl (C=O) groups excluding carboxylic acids is 1. The Hall–Kier alpha value is -0.570. The highest BCUT2D eigenvalue weighted by molar-refractivity contribution is 5.73. The number of unbranched alkanes of at least 4 members (excludes halogenated alkanes) is 12. The molecule has 0 saturated carbocycles. The molecule has 0 radical (unpaired) electrons. The molecule has 0 aromatic heterocycles. The van der Waals surface area contributed by atoms with E-state index in [0.29, 0.717) is 6.42 Å². The van der Waals surface area contributed by atoms with Crippen molar-refractivity contribution in [2.75, 3.05) is 6.54 Å². The first-order chi connectivity index (χ1) is 9.27. The first-order valence-electron chi connectivity index (χ1n) is 8.25. The third-order valence-corrected chi connectivity index (χ3v) is 3.63. The van der Waals surface area contributed by atoms with Crippen LogP contribution in [0, 0.1) is 0 Å². The zero-order valence-electron chi connectivity index (χ0n) is 12.7. The second-order valence-electron chi connectivity index (χ2n) is 5.60. The number of hydrogen-bond acceptors (Lipinski definition) is 2. The topological polar surface area (TPSA) is 69.1 Å². The molecule has 19 heavy (non-hydrogen) atoms. The van der Waals surface area contributed by atoms with E-state index in [-0.39, 0.29) is 5.91 Å². The monoisotopic (exact) mass is 270 g/mol. The number of primary amides is 1. The maximum Gasteiger partial charge on any atom is 0.217 e. The molecule has 0 fully saturated rings. The molecule has 0 bridgehead atoms. The number of carbonyl (C=O) groups is 1. The van der Waals surface area contributed by atoms with E-state index in [4.69, 9.17) is 11.5 Å². The van der Waals surface area contributed by atoms with Crippen LogP contribution in [-0.2, 0) is 4.79 Å². The average Bonchev–Trinajstić information content (AvgIpc) is 2.39. The van der Waals surface area contributed by atoms with Crippen LogP contribution in [0.5, 0.6) is 0 Å². The smallest absolute Gasteiger partial charge is 0.217 e. The van der Waals surface area contributed by atoms with Gasteiger partial charge in [0.05, 0.1) is 0 Å². The zero-order valence-corrected chi connectivity index (χ0v) is 12.7. The highest BCUT2D eigenvalue weighted by Gasteiger charge is 1.95. The summed E-state index contributed by atoms with van der Waals surface area (Å²) in [6.07, 6.45) is 17.4. The van der Waals surface area contributed by atoms with Gasteiger partial charge in [0, 0.05) is 6.42 Å². The van der Waals surface area contributed by atoms with Crippen LogP contribution in [-0.4, -0.2) is 12.5 Å². The third kappa shape index (κ3) is 17.4. The average molecular weight is 270 g/mol. The second kappa shape index (κ2) is 15.5. The minimum absolute atomic E-state index is 0.161. The lowest BCUT2D eigenvalue weighted by Crippen LogP contribution is -2.09. The lowest BCUT2D eigenvalue weighted by atomic mass is 10.0. The van der Waals surface area contributed by atoms with Crippen LogP contribution < -0.4 is 11.5 Å². The van der Waals surface area contributed by atoms with Gasteiger partial charge in [-0.1, -0.05) is 70.6 Å². The normalized spacial score (nSPS) is 10.8. The summed E-state index contributed by atoms with van der Waals surface area (Å²) in [6.45, 7) is 0.847. The van der Waals surface area contributed by atoms with Gasteiger partial charge >= 0.3 is 0 Å². The molecule has 0 aromatic carbocycles. The first-order valence-corrected chi connectivity index (χ1v) is 8.25. The molecule has 0 spiro atoms. The van der Waals surface area contributed by atoms with E-state index in [9.17, 15) is 4.79 Å². The molecule has 3 nitrogen and oxygen atoms in total. The standard InChI is InChI=1S/C16H34N2O/c17-15-13-11-9-7-5-3-1-2-4-6-8-10-12-14-16(18)19/h1-15,17H2,(H2,18,19). The molecule has 0 aromatic rings. The van der Waals surface area contributed by atoms with E-state index in [1.54, 1.807) is 0 Å². The van der Waals surface area contributed by atoms with Crippen molar-refractivity contribution in [3.63, 3.8) is 0 Å². The van der Waals surface area contributed by atoms with Gasteiger partial charge in [0.15, 0.2) is 0 Å². The Kier molecular flexibility index (Phi) is 15.0. The molecule has 0 heterocycles. The van der Waals surface area contributed by atoms with Crippen molar-refractivity contribution in [3.8, 4) is 0 Å². The number of rotatable bonds is 15.